The van der Waals surface area contributed by atoms with Crippen LogP contribution in [0.4, 0.5) is 14.9 Å². The van der Waals surface area contributed by atoms with Gasteiger partial charge in [0, 0.05) is 5.69 Å². The Bertz CT molecular complexity index is 520. The zero-order valence-corrected chi connectivity index (χ0v) is 11.2. The molecule has 0 radical (unpaired) electrons. The summed E-state index contributed by atoms with van der Waals surface area (Å²) in [4.78, 5) is 22.3. The molecule has 5 nitrogen and oxygen atoms in total. The second kappa shape index (κ2) is 5.26. The molecule has 0 aliphatic heterocycles. The maximum Gasteiger partial charge on any atom is 0.412 e. The fourth-order valence-electron chi connectivity index (χ4n) is 1.39. The smallest absolute Gasteiger partial charge is 0.412 e. The maximum absolute atomic E-state index is 13.5. The van der Waals surface area contributed by atoms with Crippen LogP contribution in [0.15, 0.2) is 12.1 Å². The number of rotatable bonds is 2. The lowest BCUT2D eigenvalue weighted by molar-refractivity contribution is 0.0634. The van der Waals surface area contributed by atoms with Crippen LogP contribution in [-0.4, -0.2) is 22.8 Å². The average Bonchev–Trinajstić information content (AvgIpc) is 2.19. The van der Waals surface area contributed by atoms with Crippen LogP contribution >= 0.6 is 0 Å². The fraction of sp³-hybridized carbons (Fsp3) is 0.385. The van der Waals surface area contributed by atoms with Crippen molar-refractivity contribution >= 4 is 17.7 Å². The normalized spacial score (nSPS) is 11.0. The van der Waals surface area contributed by atoms with Gasteiger partial charge in [-0.05, 0) is 45.4 Å². The molecule has 1 rings (SSSR count). The number of benzene rings is 1. The van der Waals surface area contributed by atoms with Crippen LogP contribution in [0.3, 0.4) is 0 Å². The minimum Gasteiger partial charge on any atom is -0.478 e. The van der Waals surface area contributed by atoms with E-state index in [2.05, 4.69) is 5.32 Å². The van der Waals surface area contributed by atoms with Gasteiger partial charge < -0.3 is 9.84 Å². The molecular formula is C13H16FNO4. The molecule has 2 N–H and O–H groups in total. The summed E-state index contributed by atoms with van der Waals surface area (Å²) < 4.78 is 18.5. The number of aromatic carboxylic acids is 1. The standard InChI is InChI=1S/C13H16FNO4/c1-7-5-8(11(16)17)9(14)6-10(7)15-12(18)19-13(2,3)4/h5-6H,1-4H3,(H,15,18)(H,16,17). The number of carbonyl (C=O) groups is 2. The van der Waals surface area contributed by atoms with Gasteiger partial charge in [0.2, 0.25) is 0 Å². The molecule has 6 heteroatoms. The van der Waals surface area contributed by atoms with Crippen LogP contribution in [0.1, 0.15) is 36.7 Å². The van der Waals surface area contributed by atoms with Crippen molar-refractivity contribution in [3.63, 3.8) is 0 Å². The molecule has 0 aliphatic carbocycles. The van der Waals surface area contributed by atoms with Gasteiger partial charge >= 0.3 is 12.1 Å². The Morgan fingerprint density at radius 2 is 1.89 bits per heavy atom. The van der Waals surface area contributed by atoms with E-state index < -0.39 is 29.0 Å². The number of ether oxygens (including phenoxy) is 1. The number of carboxylic acid groups (broad SMARTS) is 1. The molecule has 0 saturated heterocycles. The second-order valence-electron chi connectivity index (χ2n) is 5.08. The third-order valence-electron chi connectivity index (χ3n) is 2.18. The van der Waals surface area contributed by atoms with E-state index in [9.17, 15) is 14.0 Å². The lowest BCUT2D eigenvalue weighted by Gasteiger charge is -2.20. The molecule has 0 bridgehead atoms. The quantitative estimate of drug-likeness (QED) is 0.864. The lowest BCUT2D eigenvalue weighted by atomic mass is 10.1. The van der Waals surface area contributed by atoms with Crippen molar-refractivity contribution in [1.82, 2.24) is 0 Å². The summed E-state index contributed by atoms with van der Waals surface area (Å²) >= 11 is 0. The highest BCUT2D eigenvalue weighted by Gasteiger charge is 2.18. The van der Waals surface area contributed by atoms with Crippen molar-refractivity contribution in [3.8, 4) is 0 Å². The van der Waals surface area contributed by atoms with Gasteiger partial charge in [-0.1, -0.05) is 0 Å². The molecular weight excluding hydrogens is 253 g/mol. The molecule has 0 heterocycles. The van der Waals surface area contributed by atoms with Crippen molar-refractivity contribution < 1.29 is 23.8 Å². The number of carboxylic acids is 1. The van der Waals surface area contributed by atoms with Crippen LogP contribution in [-0.2, 0) is 4.74 Å². The van der Waals surface area contributed by atoms with Crippen LogP contribution in [0.25, 0.3) is 0 Å². The molecule has 0 spiro atoms. The number of halogens is 1. The van der Waals surface area contributed by atoms with Crippen molar-refractivity contribution in [2.24, 2.45) is 0 Å². The van der Waals surface area contributed by atoms with Gasteiger partial charge in [-0.25, -0.2) is 14.0 Å². The van der Waals surface area contributed by atoms with Gasteiger partial charge in [0.25, 0.3) is 0 Å². The van der Waals surface area contributed by atoms with E-state index in [1.165, 1.54) is 0 Å². The predicted octanol–water partition coefficient (Wildman–Crippen LogP) is 3.18. The highest BCUT2D eigenvalue weighted by molar-refractivity contribution is 5.91. The zero-order valence-electron chi connectivity index (χ0n) is 11.2. The molecule has 1 amide bonds. The lowest BCUT2D eigenvalue weighted by Crippen LogP contribution is -2.27. The van der Waals surface area contributed by atoms with Gasteiger partial charge in [0.15, 0.2) is 0 Å². The first-order valence-corrected chi connectivity index (χ1v) is 5.63. The summed E-state index contributed by atoms with van der Waals surface area (Å²) in [6.45, 7) is 6.67. The summed E-state index contributed by atoms with van der Waals surface area (Å²) in [6.07, 6.45) is -0.724. The summed E-state index contributed by atoms with van der Waals surface area (Å²) in [6, 6.07) is 2.12. The van der Waals surface area contributed by atoms with Gasteiger partial charge in [0.05, 0.1) is 5.56 Å². The summed E-state index contributed by atoms with van der Waals surface area (Å²) in [5.74, 6) is -2.27. The molecule has 1 aromatic carbocycles. The number of anilines is 1. The molecule has 0 saturated carbocycles. The summed E-state index contributed by atoms with van der Waals surface area (Å²) in [5.41, 5.74) is -0.494. The minimum atomic E-state index is -1.36. The Kier molecular flexibility index (Phi) is 4.14. The van der Waals surface area contributed by atoms with Gasteiger partial charge in [-0.15, -0.1) is 0 Å². The fourth-order valence-corrected chi connectivity index (χ4v) is 1.39. The first kappa shape index (κ1) is 14.9. The maximum atomic E-state index is 13.5. The number of hydrogen-bond acceptors (Lipinski definition) is 3. The van der Waals surface area contributed by atoms with E-state index in [0.717, 1.165) is 12.1 Å². The molecule has 1 aromatic rings. The summed E-state index contributed by atoms with van der Waals surface area (Å²) in [5, 5.41) is 11.1. The van der Waals surface area contributed by atoms with Gasteiger partial charge in [-0.3, -0.25) is 5.32 Å². The number of carbonyl (C=O) groups excluding carboxylic acids is 1. The third-order valence-corrected chi connectivity index (χ3v) is 2.18. The highest BCUT2D eigenvalue weighted by atomic mass is 19.1. The molecule has 104 valence electrons. The first-order valence-electron chi connectivity index (χ1n) is 5.63. The van der Waals surface area contributed by atoms with E-state index in [1.807, 2.05) is 0 Å². The van der Waals surface area contributed by atoms with Crippen LogP contribution in [0.2, 0.25) is 0 Å². The molecule has 19 heavy (non-hydrogen) atoms. The third kappa shape index (κ3) is 4.24. The number of hydrogen-bond donors (Lipinski definition) is 2. The minimum absolute atomic E-state index is 0.178. The molecule has 0 unspecified atom stereocenters. The Labute approximate surface area is 110 Å². The molecule has 0 fully saturated rings. The number of nitrogens with one attached hydrogen (secondary N) is 1. The Morgan fingerprint density at radius 1 is 1.32 bits per heavy atom. The average molecular weight is 269 g/mol. The monoisotopic (exact) mass is 269 g/mol. The first-order chi connectivity index (χ1) is 8.60. The van der Waals surface area contributed by atoms with Gasteiger partial charge in [-0.2, -0.15) is 0 Å². The molecule has 0 aliphatic rings. The van der Waals surface area contributed by atoms with E-state index >= 15 is 0 Å². The topological polar surface area (TPSA) is 75.6 Å². The SMILES string of the molecule is Cc1cc(C(=O)O)c(F)cc1NC(=O)OC(C)(C)C. The van der Waals surface area contributed by atoms with Gasteiger partial charge in [0.1, 0.15) is 11.4 Å². The Hall–Kier alpha value is -2.11. The van der Waals surface area contributed by atoms with E-state index in [0.29, 0.717) is 5.56 Å². The predicted molar refractivity (Wildman–Crippen MR) is 68.0 cm³/mol. The van der Waals surface area contributed by atoms with Crippen molar-refractivity contribution in [1.29, 1.82) is 0 Å². The number of aryl methyl sites for hydroxylation is 1. The second-order valence-corrected chi connectivity index (χ2v) is 5.08. The number of amides is 1. The van der Waals surface area contributed by atoms with Crippen LogP contribution in [0, 0.1) is 12.7 Å². The van der Waals surface area contributed by atoms with E-state index in [4.69, 9.17) is 9.84 Å². The van der Waals surface area contributed by atoms with Crippen LogP contribution < -0.4 is 5.32 Å². The van der Waals surface area contributed by atoms with E-state index in [1.54, 1.807) is 27.7 Å². The van der Waals surface area contributed by atoms with Crippen molar-refractivity contribution in [2.45, 2.75) is 33.3 Å². The molecule has 0 aromatic heterocycles. The summed E-state index contributed by atoms with van der Waals surface area (Å²) in [7, 11) is 0. The zero-order chi connectivity index (χ0) is 14.8. The van der Waals surface area contributed by atoms with Crippen LogP contribution in [0.5, 0.6) is 0 Å². The van der Waals surface area contributed by atoms with E-state index in [-0.39, 0.29) is 5.69 Å². The molecule has 0 atom stereocenters. The Balaban J connectivity index is 2.95. The largest absolute Gasteiger partial charge is 0.478 e. The van der Waals surface area contributed by atoms with Crippen molar-refractivity contribution in [3.05, 3.63) is 29.1 Å². The Morgan fingerprint density at radius 3 is 2.37 bits per heavy atom. The van der Waals surface area contributed by atoms with Crippen molar-refractivity contribution in [2.75, 3.05) is 5.32 Å². The highest BCUT2D eigenvalue weighted by Crippen LogP contribution is 2.21.